The molecule has 216 valence electrons. The van der Waals surface area contributed by atoms with Gasteiger partial charge in [-0.2, -0.15) is 0 Å². The van der Waals surface area contributed by atoms with Crippen molar-refractivity contribution >= 4 is 33.5 Å². The highest BCUT2D eigenvalue weighted by Crippen LogP contribution is 2.36. The molecule has 2 heterocycles. The van der Waals surface area contributed by atoms with Gasteiger partial charge in [-0.05, 0) is 60.4 Å². The maximum atomic E-state index is 13.3. The first-order valence-electron chi connectivity index (χ1n) is 12.8. The fourth-order valence-corrected chi connectivity index (χ4v) is 6.06. The first-order valence-corrected chi connectivity index (χ1v) is 14.3. The lowest BCUT2D eigenvalue weighted by molar-refractivity contribution is -0.274. The molecule has 1 amide bonds. The number of alkyl halides is 3. The summed E-state index contributed by atoms with van der Waals surface area (Å²) >= 11 is 0. The maximum Gasteiger partial charge on any atom is 0.573 e. The van der Waals surface area contributed by atoms with Gasteiger partial charge in [0, 0.05) is 44.5 Å². The topological polar surface area (TPSA) is 91.3 Å². The number of hydrogen-bond donors (Lipinski definition) is 1. The Morgan fingerprint density at radius 2 is 1.73 bits per heavy atom. The summed E-state index contributed by atoms with van der Waals surface area (Å²) in [7, 11) is -4.35. The number of carbonyl (C=O) groups is 1. The number of sulfonamides is 1. The lowest BCUT2D eigenvalue weighted by Gasteiger charge is -2.35. The van der Waals surface area contributed by atoms with Gasteiger partial charge in [-0.1, -0.05) is 24.3 Å². The standard InChI is InChI=1S/C28H26F4N4O4S/c29-22-9-6-19(7-10-22)18-35-13-15-36(16-14-35)27(37)21-8-11-23(24(17-21)40-28(30,31)32)34-41(38,39)25-5-1-3-20-4-2-12-33-26(20)25/h1,3,5-12,17,34H,2,4,13-16,18H2. The number of aliphatic imine (C=N–C) groups is 1. The summed E-state index contributed by atoms with van der Waals surface area (Å²) in [5, 5.41) is 0. The molecule has 0 saturated carbocycles. The van der Waals surface area contributed by atoms with Crippen LogP contribution in [-0.2, 0) is 23.0 Å². The molecule has 0 spiro atoms. The molecule has 0 bridgehead atoms. The Morgan fingerprint density at radius 3 is 2.44 bits per heavy atom. The number of aryl methyl sites for hydroxylation is 1. The highest BCUT2D eigenvalue weighted by Gasteiger charge is 2.34. The minimum atomic E-state index is -5.13. The van der Waals surface area contributed by atoms with Gasteiger partial charge in [-0.15, -0.1) is 13.2 Å². The van der Waals surface area contributed by atoms with Gasteiger partial charge in [0.1, 0.15) is 10.7 Å². The summed E-state index contributed by atoms with van der Waals surface area (Å²) in [6.07, 6.45) is -2.32. The average Bonchev–Trinajstić information content (AvgIpc) is 2.94. The first kappa shape index (κ1) is 28.6. The number of rotatable bonds is 7. The lowest BCUT2D eigenvalue weighted by atomic mass is 10.1. The van der Waals surface area contributed by atoms with Crippen molar-refractivity contribution in [2.75, 3.05) is 30.9 Å². The van der Waals surface area contributed by atoms with E-state index in [1.165, 1.54) is 29.2 Å². The van der Waals surface area contributed by atoms with Crippen molar-refractivity contribution in [1.82, 2.24) is 9.80 Å². The van der Waals surface area contributed by atoms with Gasteiger partial charge in [0.2, 0.25) is 0 Å². The predicted molar refractivity (Wildman–Crippen MR) is 144 cm³/mol. The third-order valence-corrected chi connectivity index (χ3v) is 8.21. The molecule has 8 nitrogen and oxygen atoms in total. The molecule has 5 rings (SSSR count). The van der Waals surface area contributed by atoms with E-state index in [0.717, 1.165) is 17.7 Å². The largest absolute Gasteiger partial charge is 0.573 e. The number of piperazine rings is 1. The molecule has 41 heavy (non-hydrogen) atoms. The number of nitrogens with zero attached hydrogens (tertiary/aromatic N) is 3. The first-order chi connectivity index (χ1) is 19.5. The molecule has 0 unspecified atom stereocenters. The van der Waals surface area contributed by atoms with Crippen LogP contribution in [0.25, 0.3) is 0 Å². The summed E-state index contributed by atoms with van der Waals surface area (Å²) in [6.45, 7) is 2.23. The van der Waals surface area contributed by atoms with Gasteiger partial charge >= 0.3 is 6.36 Å². The SMILES string of the molecule is O=C(c1ccc(NS(=O)(=O)c2cccc3c2N=CCC3)c(OC(F)(F)F)c1)N1CCN(Cc2ccc(F)cc2)CC1. The molecule has 1 fully saturated rings. The lowest BCUT2D eigenvalue weighted by Crippen LogP contribution is -2.48. The Bertz CT molecular complexity index is 1570. The quantitative estimate of drug-likeness (QED) is 0.386. The smallest absolute Gasteiger partial charge is 0.404 e. The van der Waals surface area contributed by atoms with Crippen molar-refractivity contribution in [3.63, 3.8) is 0 Å². The number of halogens is 4. The number of ether oxygens (including phenoxy) is 1. The van der Waals surface area contributed by atoms with Gasteiger partial charge in [0.25, 0.3) is 15.9 Å². The van der Waals surface area contributed by atoms with E-state index in [1.807, 2.05) is 0 Å². The van der Waals surface area contributed by atoms with Crippen molar-refractivity contribution in [3.05, 3.63) is 83.2 Å². The summed E-state index contributed by atoms with van der Waals surface area (Å²) in [6, 6.07) is 14.0. The molecule has 3 aromatic carbocycles. The van der Waals surface area contributed by atoms with Crippen LogP contribution in [0.15, 0.2) is 70.6 Å². The second kappa shape index (κ2) is 11.5. The van der Waals surface area contributed by atoms with Gasteiger partial charge in [-0.3, -0.25) is 19.4 Å². The Kier molecular flexibility index (Phi) is 8.00. The van der Waals surface area contributed by atoms with Crippen LogP contribution in [0.1, 0.15) is 27.9 Å². The molecule has 2 aliphatic heterocycles. The second-order valence-corrected chi connectivity index (χ2v) is 11.3. The van der Waals surface area contributed by atoms with Crippen LogP contribution in [0.5, 0.6) is 5.75 Å². The van der Waals surface area contributed by atoms with Gasteiger partial charge < -0.3 is 9.64 Å². The highest BCUT2D eigenvalue weighted by atomic mass is 32.2. The van der Waals surface area contributed by atoms with E-state index < -0.39 is 33.7 Å². The van der Waals surface area contributed by atoms with E-state index in [1.54, 1.807) is 30.5 Å². The van der Waals surface area contributed by atoms with Crippen LogP contribution in [0.3, 0.4) is 0 Å². The highest BCUT2D eigenvalue weighted by molar-refractivity contribution is 7.92. The zero-order valence-corrected chi connectivity index (χ0v) is 22.5. The Labute approximate surface area is 234 Å². The summed E-state index contributed by atoms with van der Waals surface area (Å²) in [5.41, 5.74) is 1.30. The van der Waals surface area contributed by atoms with Crippen LogP contribution < -0.4 is 9.46 Å². The van der Waals surface area contributed by atoms with E-state index in [9.17, 15) is 30.8 Å². The van der Waals surface area contributed by atoms with Crippen LogP contribution in [0.2, 0.25) is 0 Å². The number of para-hydroxylation sites is 1. The third-order valence-electron chi connectivity index (χ3n) is 6.81. The summed E-state index contributed by atoms with van der Waals surface area (Å²) < 4.78 is 85.8. The van der Waals surface area contributed by atoms with Gasteiger partial charge in [-0.25, -0.2) is 12.8 Å². The van der Waals surface area contributed by atoms with Gasteiger partial charge in [0.05, 0.1) is 11.4 Å². The van der Waals surface area contributed by atoms with Gasteiger partial charge in [0.15, 0.2) is 5.75 Å². The molecule has 0 aromatic heterocycles. The van der Waals surface area contributed by atoms with E-state index in [2.05, 4.69) is 19.4 Å². The van der Waals surface area contributed by atoms with Crippen LogP contribution >= 0.6 is 0 Å². The maximum absolute atomic E-state index is 13.3. The normalized spacial score (nSPS) is 15.9. The number of nitrogens with one attached hydrogen (secondary N) is 1. The van der Waals surface area contributed by atoms with Crippen molar-refractivity contribution < 1.29 is 35.5 Å². The minimum Gasteiger partial charge on any atom is -0.404 e. The number of carbonyl (C=O) groups excluding carboxylic acids is 1. The van der Waals surface area contributed by atoms with E-state index >= 15 is 0 Å². The van der Waals surface area contributed by atoms with Crippen LogP contribution in [0, 0.1) is 5.82 Å². The predicted octanol–water partition coefficient (Wildman–Crippen LogP) is 5.13. The second-order valence-electron chi connectivity index (χ2n) is 9.67. The fourth-order valence-electron chi connectivity index (χ4n) is 4.80. The molecule has 0 atom stereocenters. The molecule has 3 aromatic rings. The Morgan fingerprint density at radius 1 is 1.00 bits per heavy atom. The molecule has 0 aliphatic carbocycles. The Balaban J connectivity index is 1.33. The molecule has 1 N–H and O–H groups in total. The number of amides is 1. The van der Waals surface area contributed by atoms with Crippen LogP contribution in [-0.4, -0.2) is 62.9 Å². The average molecular weight is 591 g/mol. The van der Waals surface area contributed by atoms with E-state index in [-0.39, 0.29) is 22.0 Å². The third kappa shape index (κ3) is 6.85. The summed E-state index contributed by atoms with van der Waals surface area (Å²) in [5.74, 6) is -1.69. The number of benzene rings is 3. The van der Waals surface area contributed by atoms with Crippen LogP contribution in [0.4, 0.5) is 28.9 Å². The molecule has 0 radical (unpaired) electrons. The fraction of sp³-hybridized carbons (Fsp3) is 0.286. The molecule has 1 saturated heterocycles. The number of hydrogen-bond acceptors (Lipinski definition) is 6. The summed E-state index contributed by atoms with van der Waals surface area (Å²) in [4.78, 5) is 20.8. The van der Waals surface area contributed by atoms with Crippen molar-refractivity contribution in [3.8, 4) is 5.75 Å². The van der Waals surface area contributed by atoms with Crippen molar-refractivity contribution in [1.29, 1.82) is 0 Å². The molecular formula is C28H26F4N4O4S. The molecule has 2 aliphatic rings. The number of fused-ring (bicyclic) bond motifs is 1. The van der Waals surface area contributed by atoms with E-state index in [0.29, 0.717) is 51.1 Å². The monoisotopic (exact) mass is 590 g/mol. The van der Waals surface area contributed by atoms with Crippen molar-refractivity contribution in [2.45, 2.75) is 30.6 Å². The molecule has 13 heteroatoms. The minimum absolute atomic E-state index is 0.0825. The molecular weight excluding hydrogens is 564 g/mol. The Hall–Kier alpha value is -3.97. The van der Waals surface area contributed by atoms with Crippen molar-refractivity contribution in [2.24, 2.45) is 4.99 Å². The number of anilines is 1. The zero-order valence-electron chi connectivity index (χ0n) is 21.7. The zero-order chi connectivity index (χ0) is 29.2. The van der Waals surface area contributed by atoms with E-state index in [4.69, 9.17) is 0 Å².